The van der Waals surface area contributed by atoms with Gasteiger partial charge in [0.2, 0.25) is 0 Å². The van der Waals surface area contributed by atoms with Crippen molar-refractivity contribution in [3.8, 4) is 0 Å². The molecular weight excluding hydrogens is 396 g/mol. The SMILES string of the molecule is CC(C)(O)c1cc(S(N)(=O)=NC(=O)Nc2c3c(nc4c2CCC4)CCC3)cs1. The van der Waals surface area contributed by atoms with Crippen molar-refractivity contribution < 1.29 is 14.1 Å². The molecule has 0 spiro atoms. The van der Waals surface area contributed by atoms with Crippen molar-refractivity contribution in [3.05, 3.63) is 38.8 Å². The van der Waals surface area contributed by atoms with Gasteiger partial charge in [-0.25, -0.2) is 14.1 Å². The molecular formula is C19H24N4O3S2. The molecule has 150 valence electrons. The Balaban J connectivity index is 1.65. The van der Waals surface area contributed by atoms with E-state index in [1.807, 2.05) is 0 Å². The maximum atomic E-state index is 12.9. The molecule has 0 bridgehead atoms. The molecule has 7 nitrogen and oxygen atoms in total. The topological polar surface area (TPSA) is 118 Å². The summed E-state index contributed by atoms with van der Waals surface area (Å²) in [7, 11) is -3.40. The van der Waals surface area contributed by atoms with E-state index in [0.29, 0.717) is 4.88 Å². The molecule has 2 aliphatic carbocycles. The first-order valence-corrected chi connectivity index (χ1v) is 11.8. The number of fused-ring (bicyclic) bond motifs is 2. The highest BCUT2D eigenvalue weighted by Gasteiger charge is 2.27. The molecule has 0 radical (unpaired) electrons. The molecule has 0 aliphatic heterocycles. The number of pyridine rings is 1. The van der Waals surface area contributed by atoms with Gasteiger partial charge in [0, 0.05) is 21.6 Å². The highest BCUT2D eigenvalue weighted by atomic mass is 32.2. The van der Waals surface area contributed by atoms with Gasteiger partial charge >= 0.3 is 6.03 Å². The minimum atomic E-state index is -3.40. The van der Waals surface area contributed by atoms with Gasteiger partial charge in [-0.15, -0.1) is 15.7 Å². The summed E-state index contributed by atoms with van der Waals surface area (Å²) in [5.74, 6) is 0. The Hall–Kier alpha value is -1.81. The molecule has 1 unspecified atom stereocenters. The Morgan fingerprint density at radius 3 is 2.39 bits per heavy atom. The summed E-state index contributed by atoms with van der Waals surface area (Å²) < 4.78 is 16.6. The largest absolute Gasteiger partial charge is 0.385 e. The lowest BCUT2D eigenvalue weighted by atomic mass is 10.1. The first-order valence-electron chi connectivity index (χ1n) is 9.36. The van der Waals surface area contributed by atoms with Crippen LogP contribution in [0.4, 0.5) is 10.5 Å². The van der Waals surface area contributed by atoms with Crippen LogP contribution in [0.15, 0.2) is 20.7 Å². The van der Waals surface area contributed by atoms with Gasteiger partial charge in [0.25, 0.3) is 0 Å². The minimum absolute atomic E-state index is 0.245. The van der Waals surface area contributed by atoms with Gasteiger partial charge in [0.1, 0.15) is 9.92 Å². The van der Waals surface area contributed by atoms with Crippen molar-refractivity contribution in [3.63, 3.8) is 0 Å². The van der Waals surface area contributed by atoms with Crippen molar-refractivity contribution in [2.75, 3.05) is 5.32 Å². The second-order valence-electron chi connectivity index (χ2n) is 7.84. The second kappa shape index (κ2) is 6.91. The number of hydrogen-bond donors (Lipinski definition) is 3. The number of aryl methyl sites for hydroxylation is 2. The molecule has 4 rings (SSSR count). The summed E-state index contributed by atoms with van der Waals surface area (Å²) in [6.07, 6.45) is 5.64. The number of rotatable bonds is 3. The molecule has 2 heterocycles. The lowest BCUT2D eigenvalue weighted by Gasteiger charge is -2.14. The zero-order chi connectivity index (χ0) is 20.1. The van der Waals surface area contributed by atoms with Crippen LogP contribution >= 0.6 is 11.3 Å². The predicted molar refractivity (Wildman–Crippen MR) is 110 cm³/mol. The van der Waals surface area contributed by atoms with Gasteiger partial charge in [0.15, 0.2) is 0 Å². The van der Waals surface area contributed by atoms with Gasteiger partial charge in [-0.2, -0.15) is 0 Å². The molecule has 0 aromatic carbocycles. The number of aliphatic hydroxyl groups is 1. The highest BCUT2D eigenvalue weighted by Crippen LogP contribution is 2.36. The van der Waals surface area contributed by atoms with E-state index in [-0.39, 0.29) is 4.90 Å². The fraction of sp³-hybridized carbons (Fsp3) is 0.474. The number of carbonyl (C=O) groups excluding carboxylic acids is 1. The number of nitrogens with zero attached hydrogens (tertiary/aromatic N) is 2. The Morgan fingerprint density at radius 1 is 1.25 bits per heavy atom. The van der Waals surface area contributed by atoms with Crippen LogP contribution in [-0.2, 0) is 41.2 Å². The predicted octanol–water partition coefficient (Wildman–Crippen LogP) is 3.28. The van der Waals surface area contributed by atoms with E-state index in [4.69, 9.17) is 10.1 Å². The Bertz CT molecular complexity index is 1040. The zero-order valence-corrected chi connectivity index (χ0v) is 17.6. The van der Waals surface area contributed by atoms with Gasteiger partial charge in [-0.1, -0.05) is 0 Å². The maximum absolute atomic E-state index is 12.9. The van der Waals surface area contributed by atoms with Crippen LogP contribution in [0.5, 0.6) is 0 Å². The van der Waals surface area contributed by atoms with Gasteiger partial charge in [-0.3, -0.25) is 4.98 Å². The third-order valence-corrected chi connectivity index (χ3v) is 7.96. The normalized spacial score (nSPS) is 17.7. The molecule has 2 aromatic rings. The molecule has 0 fully saturated rings. The van der Waals surface area contributed by atoms with E-state index in [1.165, 1.54) is 11.3 Å². The minimum Gasteiger partial charge on any atom is -0.385 e. The number of urea groups is 1. The Kier molecular flexibility index (Phi) is 4.81. The number of nitrogens with one attached hydrogen (secondary N) is 1. The van der Waals surface area contributed by atoms with Crippen molar-refractivity contribution in [1.29, 1.82) is 0 Å². The Labute approximate surface area is 168 Å². The number of amides is 2. The quantitative estimate of drug-likeness (QED) is 0.706. The first kappa shape index (κ1) is 19.5. The smallest absolute Gasteiger partial charge is 0.354 e. The van der Waals surface area contributed by atoms with Crippen molar-refractivity contribution in [2.45, 2.75) is 62.9 Å². The molecule has 2 aromatic heterocycles. The van der Waals surface area contributed by atoms with Crippen LogP contribution in [0.25, 0.3) is 0 Å². The van der Waals surface area contributed by atoms with Crippen molar-refractivity contribution >= 4 is 33.0 Å². The van der Waals surface area contributed by atoms with Crippen LogP contribution < -0.4 is 10.5 Å². The molecule has 1 atom stereocenters. The number of aromatic nitrogens is 1. The van der Waals surface area contributed by atoms with Crippen molar-refractivity contribution in [1.82, 2.24) is 4.98 Å². The summed E-state index contributed by atoms with van der Waals surface area (Å²) in [6.45, 7) is 3.27. The number of thiophene rings is 1. The fourth-order valence-electron chi connectivity index (χ4n) is 3.84. The van der Waals surface area contributed by atoms with Gasteiger partial charge in [-0.05, 0) is 69.6 Å². The molecule has 9 heteroatoms. The summed E-state index contributed by atoms with van der Waals surface area (Å²) in [4.78, 5) is 18.2. The number of nitrogens with two attached hydrogens (primary N) is 1. The van der Waals surface area contributed by atoms with E-state index >= 15 is 0 Å². The van der Waals surface area contributed by atoms with E-state index in [1.54, 1.807) is 25.3 Å². The molecule has 2 aliphatic rings. The monoisotopic (exact) mass is 420 g/mol. The van der Waals surface area contributed by atoms with Crippen LogP contribution in [0, 0.1) is 0 Å². The maximum Gasteiger partial charge on any atom is 0.354 e. The third kappa shape index (κ3) is 3.59. The fourth-order valence-corrected chi connectivity index (χ4v) is 6.08. The summed E-state index contributed by atoms with van der Waals surface area (Å²) in [5, 5.41) is 20.4. The number of anilines is 1. The van der Waals surface area contributed by atoms with Crippen molar-refractivity contribution in [2.24, 2.45) is 9.50 Å². The highest BCUT2D eigenvalue weighted by molar-refractivity contribution is 7.91. The van der Waals surface area contributed by atoms with E-state index in [9.17, 15) is 14.1 Å². The number of hydrogen-bond acceptors (Lipinski definition) is 5. The standard InChI is InChI=1S/C19H24N4O3S2/c1-19(2,25)16-9-11(10-27-16)28(20,26)23-18(24)22-17-12-5-3-7-14(12)21-15-8-4-6-13(15)17/h9-10,25H,3-8H2,1-2H3,(H3,20,21,22,23,24,26). The summed E-state index contributed by atoms with van der Waals surface area (Å²) in [6, 6.07) is 0.837. The molecule has 0 saturated carbocycles. The average molecular weight is 421 g/mol. The van der Waals surface area contributed by atoms with E-state index in [0.717, 1.165) is 66.7 Å². The average Bonchev–Trinajstić information content (AvgIpc) is 3.33. The first-order chi connectivity index (χ1) is 13.1. The molecule has 2 amide bonds. The van der Waals surface area contributed by atoms with Crippen LogP contribution in [0.3, 0.4) is 0 Å². The van der Waals surface area contributed by atoms with E-state index < -0.39 is 21.5 Å². The zero-order valence-electron chi connectivity index (χ0n) is 15.9. The summed E-state index contributed by atoms with van der Waals surface area (Å²) in [5.41, 5.74) is 3.98. The summed E-state index contributed by atoms with van der Waals surface area (Å²) >= 11 is 1.24. The lowest BCUT2D eigenvalue weighted by Crippen LogP contribution is -2.19. The number of carbonyl (C=O) groups is 1. The van der Waals surface area contributed by atoms with Gasteiger partial charge in [0.05, 0.1) is 16.2 Å². The molecule has 4 N–H and O–H groups in total. The van der Waals surface area contributed by atoms with Crippen LogP contribution in [0.1, 0.15) is 54.1 Å². The van der Waals surface area contributed by atoms with E-state index in [2.05, 4.69) is 9.68 Å². The molecule has 28 heavy (non-hydrogen) atoms. The van der Waals surface area contributed by atoms with Gasteiger partial charge < -0.3 is 10.4 Å². The second-order valence-corrected chi connectivity index (χ2v) is 10.5. The molecule has 0 saturated heterocycles. The lowest BCUT2D eigenvalue weighted by molar-refractivity contribution is 0.0824. The Morgan fingerprint density at radius 2 is 1.86 bits per heavy atom. The third-order valence-electron chi connectivity index (χ3n) is 5.22. The van der Waals surface area contributed by atoms with Crippen LogP contribution in [-0.4, -0.2) is 20.3 Å². The van der Waals surface area contributed by atoms with Crippen LogP contribution in [0.2, 0.25) is 0 Å².